The van der Waals surface area contributed by atoms with Crippen molar-refractivity contribution in [3.8, 4) is 5.75 Å². The lowest BCUT2D eigenvalue weighted by Crippen LogP contribution is -2.22. The van der Waals surface area contributed by atoms with Crippen molar-refractivity contribution in [2.75, 3.05) is 23.8 Å². The zero-order valence-corrected chi connectivity index (χ0v) is 20.1. The van der Waals surface area contributed by atoms with E-state index in [-0.39, 0.29) is 22.0 Å². The largest absolute Gasteiger partial charge is 0.495 e. The van der Waals surface area contributed by atoms with Crippen molar-refractivity contribution < 1.29 is 32.3 Å². The van der Waals surface area contributed by atoms with Gasteiger partial charge >= 0.3 is 5.97 Å². The van der Waals surface area contributed by atoms with E-state index in [9.17, 15) is 22.8 Å². The molecule has 0 aliphatic rings. The normalized spacial score (nSPS) is 10.8. The first kappa shape index (κ1) is 25.4. The Bertz CT molecular complexity index is 1370. The molecule has 182 valence electrons. The van der Waals surface area contributed by atoms with Gasteiger partial charge in [-0.05, 0) is 56.3 Å². The van der Waals surface area contributed by atoms with Gasteiger partial charge in [0.2, 0.25) is 0 Å². The number of ketones is 1. The summed E-state index contributed by atoms with van der Waals surface area (Å²) in [6.45, 7) is 2.60. The molecule has 0 fully saturated rings. The molecule has 0 radical (unpaired) electrons. The summed E-state index contributed by atoms with van der Waals surface area (Å²) in [6, 6.07) is 16.9. The Labute approximate surface area is 203 Å². The summed E-state index contributed by atoms with van der Waals surface area (Å²) in [6.07, 6.45) is 0. The summed E-state index contributed by atoms with van der Waals surface area (Å²) >= 11 is 0. The van der Waals surface area contributed by atoms with Gasteiger partial charge in [0, 0.05) is 11.3 Å². The lowest BCUT2D eigenvalue weighted by atomic mass is 10.1. The summed E-state index contributed by atoms with van der Waals surface area (Å²) in [5.74, 6) is -1.77. The Hall–Kier alpha value is -4.18. The van der Waals surface area contributed by atoms with Crippen molar-refractivity contribution in [3.63, 3.8) is 0 Å². The van der Waals surface area contributed by atoms with E-state index < -0.39 is 28.5 Å². The first-order valence-electron chi connectivity index (χ1n) is 10.4. The molecule has 0 spiro atoms. The number of hydrogen-bond donors (Lipinski definition) is 2. The van der Waals surface area contributed by atoms with Crippen molar-refractivity contribution in [3.05, 3.63) is 83.4 Å². The van der Waals surface area contributed by atoms with Crippen molar-refractivity contribution in [2.24, 2.45) is 0 Å². The quantitative estimate of drug-likeness (QED) is 0.341. The van der Waals surface area contributed by atoms with E-state index in [2.05, 4.69) is 10.0 Å². The zero-order valence-electron chi connectivity index (χ0n) is 19.3. The molecular formula is C25H24N2O7S. The van der Waals surface area contributed by atoms with Crippen LogP contribution in [0.15, 0.2) is 71.6 Å². The summed E-state index contributed by atoms with van der Waals surface area (Å²) < 4.78 is 38.6. The minimum atomic E-state index is -4.10. The van der Waals surface area contributed by atoms with E-state index in [0.717, 1.165) is 11.6 Å². The maximum atomic E-state index is 13.0. The number of methoxy groups -OCH3 is 1. The fourth-order valence-electron chi connectivity index (χ4n) is 3.15. The van der Waals surface area contributed by atoms with Crippen LogP contribution in [-0.4, -0.2) is 39.8 Å². The number of amides is 1. The van der Waals surface area contributed by atoms with Gasteiger partial charge < -0.3 is 14.8 Å². The first-order chi connectivity index (χ1) is 16.6. The SMILES string of the molecule is COc1ccc(C(=O)OCC(=O)Nc2ccccc2C(C)=O)cc1S(=O)(=O)Nc1ccc(C)cc1. The number of sulfonamides is 1. The van der Waals surface area contributed by atoms with Gasteiger partial charge in [-0.15, -0.1) is 0 Å². The predicted octanol–water partition coefficient (Wildman–Crippen LogP) is 3.80. The van der Waals surface area contributed by atoms with Gasteiger partial charge in [0.25, 0.3) is 15.9 Å². The molecule has 0 saturated heterocycles. The van der Waals surface area contributed by atoms with Crippen LogP contribution in [0.2, 0.25) is 0 Å². The molecule has 2 N–H and O–H groups in total. The molecule has 0 saturated carbocycles. The molecule has 1 amide bonds. The Balaban J connectivity index is 1.73. The summed E-state index contributed by atoms with van der Waals surface area (Å²) in [5, 5.41) is 2.52. The van der Waals surface area contributed by atoms with E-state index in [1.54, 1.807) is 48.5 Å². The second-order valence-corrected chi connectivity index (χ2v) is 9.21. The monoisotopic (exact) mass is 496 g/mol. The molecule has 10 heteroatoms. The zero-order chi connectivity index (χ0) is 25.6. The van der Waals surface area contributed by atoms with E-state index in [0.29, 0.717) is 16.9 Å². The molecule has 3 aromatic rings. The van der Waals surface area contributed by atoms with Gasteiger partial charge in [-0.25, -0.2) is 13.2 Å². The average Bonchev–Trinajstić information content (AvgIpc) is 2.83. The van der Waals surface area contributed by atoms with Crippen LogP contribution in [0.4, 0.5) is 11.4 Å². The average molecular weight is 497 g/mol. The molecule has 0 aliphatic heterocycles. The highest BCUT2D eigenvalue weighted by Crippen LogP contribution is 2.27. The Morgan fingerprint density at radius 3 is 2.29 bits per heavy atom. The maximum Gasteiger partial charge on any atom is 0.338 e. The number of para-hydroxylation sites is 1. The Morgan fingerprint density at radius 1 is 0.943 bits per heavy atom. The van der Waals surface area contributed by atoms with E-state index in [4.69, 9.17) is 9.47 Å². The van der Waals surface area contributed by atoms with Crippen LogP contribution < -0.4 is 14.8 Å². The van der Waals surface area contributed by atoms with Gasteiger partial charge in [0.05, 0.1) is 18.4 Å². The van der Waals surface area contributed by atoms with Gasteiger partial charge in [-0.2, -0.15) is 0 Å². The highest BCUT2D eigenvalue weighted by Gasteiger charge is 2.23. The number of anilines is 2. The summed E-state index contributed by atoms with van der Waals surface area (Å²) in [4.78, 5) is 36.2. The van der Waals surface area contributed by atoms with Crippen LogP contribution in [0.3, 0.4) is 0 Å². The number of hydrogen-bond acceptors (Lipinski definition) is 7. The number of ether oxygens (including phenoxy) is 2. The number of benzene rings is 3. The molecule has 0 bridgehead atoms. The molecule has 3 aromatic carbocycles. The molecule has 0 heterocycles. The second-order valence-electron chi connectivity index (χ2n) is 7.56. The molecule has 35 heavy (non-hydrogen) atoms. The van der Waals surface area contributed by atoms with Gasteiger partial charge in [-0.1, -0.05) is 29.8 Å². The topological polar surface area (TPSA) is 128 Å². The minimum absolute atomic E-state index is 0.0275. The molecule has 0 aliphatic carbocycles. The van der Waals surface area contributed by atoms with Crippen LogP contribution in [0.5, 0.6) is 5.75 Å². The molecular weight excluding hydrogens is 472 g/mol. The number of Topliss-reactive ketones (excluding diaryl/α,β-unsaturated/α-hetero) is 1. The molecule has 3 rings (SSSR count). The summed E-state index contributed by atoms with van der Waals surface area (Å²) in [7, 11) is -2.80. The highest BCUT2D eigenvalue weighted by atomic mass is 32.2. The standard InChI is InChI=1S/C25H24N2O7S/c1-16-8-11-19(12-9-16)27-35(31,32)23-14-18(10-13-22(23)33-3)25(30)34-15-24(29)26-21-7-5-4-6-20(21)17(2)28/h4-14,27H,15H2,1-3H3,(H,26,29). The molecule has 0 atom stereocenters. The molecule has 9 nitrogen and oxygen atoms in total. The van der Waals surface area contributed by atoms with Crippen molar-refractivity contribution in [2.45, 2.75) is 18.7 Å². The fraction of sp³-hybridized carbons (Fsp3) is 0.160. The van der Waals surface area contributed by atoms with Gasteiger partial charge in [0.1, 0.15) is 10.6 Å². The van der Waals surface area contributed by atoms with E-state index >= 15 is 0 Å². The fourth-order valence-corrected chi connectivity index (χ4v) is 4.40. The van der Waals surface area contributed by atoms with E-state index in [1.165, 1.54) is 26.2 Å². The lowest BCUT2D eigenvalue weighted by Gasteiger charge is -2.13. The first-order valence-corrected chi connectivity index (χ1v) is 11.9. The predicted molar refractivity (Wildman–Crippen MR) is 130 cm³/mol. The van der Waals surface area contributed by atoms with Crippen molar-refractivity contribution in [1.82, 2.24) is 0 Å². The van der Waals surface area contributed by atoms with Gasteiger partial charge in [0.15, 0.2) is 12.4 Å². The van der Waals surface area contributed by atoms with Crippen LogP contribution in [0.1, 0.15) is 33.2 Å². The Kier molecular flexibility index (Phi) is 7.87. The number of nitrogens with one attached hydrogen (secondary N) is 2. The maximum absolute atomic E-state index is 13.0. The molecule has 0 aromatic heterocycles. The van der Waals surface area contributed by atoms with Crippen molar-refractivity contribution >= 4 is 39.1 Å². The van der Waals surface area contributed by atoms with Crippen LogP contribution in [0, 0.1) is 6.92 Å². The number of aryl methyl sites for hydroxylation is 1. The number of carbonyl (C=O) groups is 3. The highest BCUT2D eigenvalue weighted by molar-refractivity contribution is 7.92. The van der Waals surface area contributed by atoms with Crippen molar-refractivity contribution in [1.29, 1.82) is 0 Å². The number of rotatable bonds is 9. The molecule has 0 unspecified atom stereocenters. The third-order valence-electron chi connectivity index (χ3n) is 4.91. The number of esters is 1. The van der Waals surface area contributed by atoms with Crippen LogP contribution >= 0.6 is 0 Å². The Morgan fingerprint density at radius 2 is 1.63 bits per heavy atom. The van der Waals surface area contributed by atoms with Crippen LogP contribution in [0.25, 0.3) is 0 Å². The summed E-state index contributed by atoms with van der Waals surface area (Å²) in [5.41, 5.74) is 1.82. The lowest BCUT2D eigenvalue weighted by molar-refractivity contribution is -0.119. The smallest absolute Gasteiger partial charge is 0.338 e. The van der Waals surface area contributed by atoms with Gasteiger partial charge in [-0.3, -0.25) is 14.3 Å². The van der Waals surface area contributed by atoms with Crippen LogP contribution in [-0.2, 0) is 19.6 Å². The third kappa shape index (κ3) is 6.45. The minimum Gasteiger partial charge on any atom is -0.495 e. The van der Waals surface area contributed by atoms with E-state index in [1.807, 2.05) is 6.92 Å². The third-order valence-corrected chi connectivity index (χ3v) is 6.31. The number of carbonyl (C=O) groups excluding carboxylic acids is 3. The second kappa shape index (κ2) is 10.8.